The summed E-state index contributed by atoms with van der Waals surface area (Å²) in [6, 6.07) is 4.33. The van der Waals surface area contributed by atoms with Gasteiger partial charge in [0, 0.05) is 44.3 Å². The molecule has 2 heterocycles. The van der Waals surface area contributed by atoms with Crippen LogP contribution in [0.5, 0.6) is 0 Å². The Morgan fingerprint density at radius 3 is 2.75 bits per heavy atom. The number of hydrogen-bond acceptors (Lipinski definition) is 5. The van der Waals surface area contributed by atoms with E-state index in [0.29, 0.717) is 0 Å². The summed E-state index contributed by atoms with van der Waals surface area (Å²) in [4.78, 5) is 16.8. The molecule has 3 rings (SSSR count). The molecule has 0 aromatic carbocycles. The molecule has 6 nitrogen and oxygen atoms in total. The van der Waals surface area contributed by atoms with Crippen LogP contribution in [0.4, 0.5) is 5.82 Å². The molecule has 24 heavy (non-hydrogen) atoms. The van der Waals surface area contributed by atoms with Gasteiger partial charge in [-0.15, -0.1) is 29.9 Å². The van der Waals surface area contributed by atoms with E-state index in [0.717, 1.165) is 51.0 Å². The van der Waals surface area contributed by atoms with Crippen LogP contribution in [0.1, 0.15) is 32.1 Å². The minimum atomic E-state index is 0. The number of carbonyl (C=O) groups excluding carboxylic acids is 1. The second-order valence-electron chi connectivity index (χ2n) is 6.54. The minimum absolute atomic E-state index is 0. The van der Waals surface area contributed by atoms with Crippen LogP contribution in [-0.4, -0.2) is 53.2 Å². The van der Waals surface area contributed by atoms with Crippen molar-refractivity contribution in [3.63, 3.8) is 0 Å². The number of piperidine rings is 1. The van der Waals surface area contributed by atoms with Gasteiger partial charge in [-0.25, -0.2) is 0 Å². The molecule has 8 heteroatoms. The number of aromatic nitrogens is 2. The topological polar surface area (TPSA) is 75.3 Å². The Morgan fingerprint density at radius 2 is 2.12 bits per heavy atom. The van der Waals surface area contributed by atoms with Crippen molar-refractivity contribution < 1.29 is 4.79 Å². The van der Waals surface area contributed by atoms with Crippen molar-refractivity contribution in [2.75, 3.05) is 25.0 Å². The van der Waals surface area contributed by atoms with Crippen LogP contribution >= 0.6 is 24.8 Å². The van der Waals surface area contributed by atoms with Gasteiger partial charge in [0.25, 0.3) is 0 Å². The number of hydrogen-bond donors (Lipinski definition) is 1. The van der Waals surface area contributed by atoms with Crippen LogP contribution in [0.25, 0.3) is 0 Å². The van der Waals surface area contributed by atoms with Crippen LogP contribution in [0.3, 0.4) is 0 Å². The van der Waals surface area contributed by atoms with E-state index in [2.05, 4.69) is 15.1 Å². The number of carbonyl (C=O) groups is 1. The Hall–Kier alpha value is -1.11. The summed E-state index contributed by atoms with van der Waals surface area (Å²) in [6.07, 6.45) is 6.56. The average molecular weight is 376 g/mol. The van der Waals surface area contributed by atoms with E-state index in [-0.39, 0.29) is 48.7 Å². The molecule has 3 unspecified atom stereocenters. The summed E-state index contributed by atoms with van der Waals surface area (Å²) < 4.78 is 0. The Balaban J connectivity index is 0.00000144. The smallest absolute Gasteiger partial charge is 0.225 e. The highest BCUT2D eigenvalue weighted by Gasteiger charge is 2.34. The van der Waals surface area contributed by atoms with Gasteiger partial charge in [-0.05, 0) is 44.2 Å². The van der Waals surface area contributed by atoms with E-state index >= 15 is 0 Å². The molecule has 0 radical (unpaired) electrons. The van der Waals surface area contributed by atoms with Gasteiger partial charge in [0.2, 0.25) is 5.91 Å². The third-order valence-electron chi connectivity index (χ3n) is 5.00. The quantitative estimate of drug-likeness (QED) is 0.872. The van der Waals surface area contributed by atoms with Crippen molar-refractivity contribution in [2.45, 2.75) is 44.2 Å². The highest BCUT2D eigenvalue weighted by atomic mass is 35.5. The molecule has 2 aliphatic rings. The third-order valence-corrected chi connectivity index (χ3v) is 5.00. The van der Waals surface area contributed by atoms with Crippen LogP contribution < -0.4 is 10.6 Å². The molecule has 1 aromatic heterocycles. The molecule has 0 bridgehead atoms. The molecule has 0 spiro atoms. The fraction of sp³-hybridized carbons (Fsp3) is 0.688. The highest BCUT2D eigenvalue weighted by Crippen LogP contribution is 2.28. The monoisotopic (exact) mass is 375 g/mol. The van der Waals surface area contributed by atoms with E-state index in [4.69, 9.17) is 5.73 Å². The summed E-state index contributed by atoms with van der Waals surface area (Å²) in [5.74, 6) is 1.28. The van der Waals surface area contributed by atoms with Crippen LogP contribution in [0.15, 0.2) is 18.3 Å². The number of amides is 1. The van der Waals surface area contributed by atoms with Crippen molar-refractivity contribution >= 4 is 36.5 Å². The summed E-state index contributed by atoms with van der Waals surface area (Å²) in [6.45, 7) is 1.81. The largest absolute Gasteiger partial charge is 0.353 e. The molecule has 3 atom stereocenters. The maximum Gasteiger partial charge on any atom is 0.225 e. The summed E-state index contributed by atoms with van der Waals surface area (Å²) >= 11 is 0. The van der Waals surface area contributed by atoms with Crippen molar-refractivity contribution in [1.29, 1.82) is 0 Å². The van der Waals surface area contributed by atoms with Crippen molar-refractivity contribution in [3.8, 4) is 0 Å². The lowest BCUT2D eigenvalue weighted by atomic mass is 10.0. The van der Waals surface area contributed by atoms with E-state index < -0.39 is 0 Å². The van der Waals surface area contributed by atoms with Gasteiger partial charge in [-0.2, -0.15) is 5.10 Å². The number of likely N-dealkylation sites (N-methyl/N-ethyl adjacent to an activating group) is 1. The second kappa shape index (κ2) is 9.39. The predicted molar refractivity (Wildman–Crippen MR) is 99.8 cm³/mol. The molecular weight excluding hydrogens is 349 g/mol. The number of nitrogens with zero attached hydrogens (tertiary/aromatic N) is 4. The normalized spacial score (nSPS) is 26.2. The first-order valence-corrected chi connectivity index (χ1v) is 8.20. The second-order valence-corrected chi connectivity index (χ2v) is 6.54. The van der Waals surface area contributed by atoms with Gasteiger partial charge in [-0.3, -0.25) is 4.79 Å². The van der Waals surface area contributed by atoms with Crippen LogP contribution in [0, 0.1) is 5.92 Å². The maximum absolute atomic E-state index is 12.7. The first-order chi connectivity index (χ1) is 10.6. The standard InChI is InChI=1S/C16H25N5O.2ClH/c1-20(16(22)12-6-7-13(17)10-12)14-4-3-9-21(11-14)15-5-2-8-18-19-15;;/h2,5,8,12-14H,3-4,6-7,9-11,17H2,1H3;2*1H. The molecule has 1 aliphatic heterocycles. The van der Waals surface area contributed by atoms with Crippen LogP contribution in [0.2, 0.25) is 0 Å². The molecule has 136 valence electrons. The molecule has 2 N–H and O–H groups in total. The molecule has 1 aromatic rings. The zero-order valence-corrected chi connectivity index (χ0v) is 15.6. The summed E-state index contributed by atoms with van der Waals surface area (Å²) in [7, 11) is 1.94. The molecule has 1 amide bonds. The van der Waals surface area contributed by atoms with Crippen molar-refractivity contribution in [3.05, 3.63) is 18.3 Å². The number of halogens is 2. The fourth-order valence-corrected chi connectivity index (χ4v) is 3.65. The Morgan fingerprint density at radius 1 is 1.33 bits per heavy atom. The zero-order valence-electron chi connectivity index (χ0n) is 14.0. The lowest BCUT2D eigenvalue weighted by Gasteiger charge is -2.38. The van der Waals surface area contributed by atoms with Gasteiger partial charge in [0.15, 0.2) is 5.82 Å². The van der Waals surface area contributed by atoms with Crippen LogP contribution in [-0.2, 0) is 4.79 Å². The minimum Gasteiger partial charge on any atom is -0.353 e. The molecule has 1 saturated carbocycles. The number of nitrogens with two attached hydrogens (primary N) is 1. The predicted octanol–water partition coefficient (Wildman–Crippen LogP) is 1.87. The zero-order chi connectivity index (χ0) is 15.5. The SMILES string of the molecule is CN(C(=O)C1CCC(N)C1)C1CCCN(c2cccnn2)C1.Cl.Cl. The number of rotatable bonds is 3. The molecule has 2 fully saturated rings. The Bertz CT molecular complexity index is 518. The Kier molecular flexibility index (Phi) is 8.19. The Labute approximate surface area is 156 Å². The summed E-state index contributed by atoms with van der Waals surface area (Å²) in [5.41, 5.74) is 5.95. The molecule has 1 saturated heterocycles. The van der Waals surface area contributed by atoms with E-state index in [1.165, 1.54) is 0 Å². The number of anilines is 1. The fourth-order valence-electron chi connectivity index (χ4n) is 3.65. The van der Waals surface area contributed by atoms with E-state index in [9.17, 15) is 4.79 Å². The first-order valence-electron chi connectivity index (χ1n) is 8.20. The summed E-state index contributed by atoms with van der Waals surface area (Å²) in [5, 5.41) is 8.13. The van der Waals surface area contributed by atoms with Crippen molar-refractivity contribution in [2.24, 2.45) is 11.7 Å². The maximum atomic E-state index is 12.7. The van der Waals surface area contributed by atoms with E-state index in [1.807, 2.05) is 24.1 Å². The van der Waals surface area contributed by atoms with Gasteiger partial charge in [-0.1, -0.05) is 0 Å². The highest BCUT2D eigenvalue weighted by molar-refractivity contribution is 5.85. The first kappa shape index (κ1) is 20.9. The van der Waals surface area contributed by atoms with E-state index in [1.54, 1.807) is 6.20 Å². The molecule has 1 aliphatic carbocycles. The molecular formula is C16H27Cl2N5O. The lowest BCUT2D eigenvalue weighted by Crippen LogP contribution is -2.50. The van der Waals surface area contributed by atoms with Gasteiger partial charge < -0.3 is 15.5 Å². The van der Waals surface area contributed by atoms with Gasteiger partial charge in [0.1, 0.15) is 0 Å². The third kappa shape index (κ3) is 4.71. The van der Waals surface area contributed by atoms with Crippen molar-refractivity contribution in [1.82, 2.24) is 15.1 Å². The average Bonchev–Trinajstić information content (AvgIpc) is 3.01. The lowest BCUT2D eigenvalue weighted by molar-refractivity contribution is -0.136. The van der Waals surface area contributed by atoms with Gasteiger partial charge in [0.05, 0.1) is 0 Å². The van der Waals surface area contributed by atoms with Gasteiger partial charge >= 0.3 is 0 Å².